The molecular formula is C18H22ClN5O2. The van der Waals surface area contributed by atoms with E-state index in [2.05, 4.69) is 14.9 Å². The summed E-state index contributed by atoms with van der Waals surface area (Å²) >= 11 is 6.27. The Morgan fingerprint density at radius 2 is 1.88 bits per heavy atom. The molecule has 1 aromatic heterocycles. The topological polar surface area (TPSA) is 72.5 Å². The highest BCUT2D eigenvalue weighted by atomic mass is 35.5. The molecule has 0 atom stereocenters. The molecule has 138 valence electrons. The average molecular weight is 376 g/mol. The van der Waals surface area contributed by atoms with Crippen LogP contribution in [0.1, 0.15) is 17.3 Å². The Kier molecular flexibility index (Phi) is 5.46. The van der Waals surface area contributed by atoms with Crippen molar-refractivity contribution in [2.45, 2.75) is 6.92 Å². The maximum absolute atomic E-state index is 12.3. The molecule has 7 nitrogen and oxygen atoms in total. The predicted octanol–water partition coefficient (Wildman–Crippen LogP) is 1.84. The molecule has 1 N–H and O–H groups in total. The zero-order valence-electron chi connectivity index (χ0n) is 14.9. The van der Waals surface area contributed by atoms with Crippen LogP contribution in [0, 0.1) is 0 Å². The molecule has 1 aliphatic heterocycles. The molecule has 0 radical (unpaired) electrons. The summed E-state index contributed by atoms with van der Waals surface area (Å²) < 4.78 is 0. The zero-order chi connectivity index (χ0) is 18.7. The van der Waals surface area contributed by atoms with E-state index >= 15 is 0 Å². The molecule has 1 saturated heterocycles. The van der Waals surface area contributed by atoms with Crippen LogP contribution in [0.3, 0.4) is 0 Å². The van der Waals surface area contributed by atoms with Gasteiger partial charge in [-0.15, -0.1) is 0 Å². The Balaban J connectivity index is 1.70. The van der Waals surface area contributed by atoms with Crippen molar-refractivity contribution in [2.24, 2.45) is 0 Å². The lowest BCUT2D eigenvalue weighted by atomic mass is 10.2. The van der Waals surface area contributed by atoms with E-state index in [0.717, 1.165) is 23.8 Å². The van der Waals surface area contributed by atoms with Crippen molar-refractivity contribution in [3.63, 3.8) is 0 Å². The molecule has 26 heavy (non-hydrogen) atoms. The predicted molar refractivity (Wildman–Crippen MR) is 103 cm³/mol. The summed E-state index contributed by atoms with van der Waals surface area (Å²) in [5.74, 6) is 0.167. The number of piperazine rings is 1. The van der Waals surface area contributed by atoms with Gasteiger partial charge in [0.2, 0.25) is 5.95 Å². The number of hydrogen-bond donors (Lipinski definition) is 1. The Labute approximate surface area is 157 Å². The number of hydrogen-bond acceptors (Lipinski definition) is 5. The van der Waals surface area contributed by atoms with Gasteiger partial charge in [0.05, 0.1) is 10.7 Å². The molecule has 0 bridgehead atoms. The maximum Gasteiger partial charge on any atom is 0.265 e. The van der Waals surface area contributed by atoms with Gasteiger partial charge in [0.15, 0.2) is 0 Å². The second-order valence-electron chi connectivity index (χ2n) is 6.19. The highest BCUT2D eigenvalue weighted by molar-refractivity contribution is 6.33. The number of amides is 1. The van der Waals surface area contributed by atoms with Crippen LogP contribution in [-0.4, -0.2) is 60.5 Å². The van der Waals surface area contributed by atoms with Crippen molar-refractivity contribution in [3.05, 3.63) is 51.4 Å². The minimum atomic E-state index is -0.408. The normalized spacial score (nSPS) is 14.4. The Bertz CT molecular complexity index is 845. The van der Waals surface area contributed by atoms with E-state index in [9.17, 15) is 9.59 Å². The van der Waals surface area contributed by atoms with E-state index in [0.29, 0.717) is 25.6 Å². The minimum absolute atomic E-state index is 0.0628. The SMILES string of the molecule is CCN(C)C(=O)c1cnc(N2CCN(c3ccccc3Cl)CC2)[nH]c1=O. The smallest absolute Gasteiger partial charge is 0.265 e. The van der Waals surface area contributed by atoms with Crippen LogP contribution in [0.4, 0.5) is 11.6 Å². The molecule has 1 aliphatic rings. The summed E-state index contributed by atoms with van der Waals surface area (Å²) in [5, 5.41) is 0.732. The van der Waals surface area contributed by atoms with E-state index < -0.39 is 5.56 Å². The number of aromatic nitrogens is 2. The highest BCUT2D eigenvalue weighted by Gasteiger charge is 2.22. The molecule has 0 unspecified atom stereocenters. The maximum atomic E-state index is 12.3. The Morgan fingerprint density at radius 3 is 2.50 bits per heavy atom. The van der Waals surface area contributed by atoms with Crippen LogP contribution < -0.4 is 15.4 Å². The first-order valence-corrected chi connectivity index (χ1v) is 8.98. The molecule has 0 spiro atoms. The van der Waals surface area contributed by atoms with Gasteiger partial charge in [0.1, 0.15) is 5.56 Å². The largest absolute Gasteiger partial charge is 0.367 e. The van der Waals surface area contributed by atoms with Crippen molar-refractivity contribution in [2.75, 3.05) is 49.6 Å². The molecule has 2 heterocycles. The lowest BCUT2D eigenvalue weighted by molar-refractivity contribution is 0.0800. The molecule has 0 saturated carbocycles. The van der Waals surface area contributed by atoms with Gasteiger partial charge in [-0.3, -0.25) is 14.6 Å². The van der Waals surface area contributed by atoms with Crippen molar-refractivity contribution in [1.82, 2.24) is 14.9 Å². The Hall–Kier alpha value is -2.54. The van der Waals surface area contributed by atoms with Crippen LogP contribution in [0.15, 0.2) is 35.3 Å². The fourth-order valence-electron chi connectivity index (χ4n) is 2.92. The van der Waals surface area contributed by atoms with Gasteiger partial charge in [-0.05, 0) is 19.1 Å². The second-order valence-corrected chi connectivity index (χ2v) is 6.60. The average Bonchev–Trinajstić information content (AvgIpc) is 2.67. The molecular weight excluding hydrogens is 354 g/mol. The third-order valence-electron chi connectivity index (χ3n) is 4.61. The lowest BCUT2D eigenvalue weighted by Crippen LogP contribution is -2.47. The number of nitrogens with one attached hydrogen (secondary N) is 1. The first-order valence-electron chi connectivity index (χ1n) is 8.60. The molecule has 1 fully saturated rings. The second kappa shape index (κ2) is 7.78. The molecule has 8 heteroatoms. The van der Waals surface area contributed by atoms with E-state index in [4.69, 9.17) is 11.6 Å². The molecule has 3 rings (SSSR count). The van der Waals surface area contributed by atoms with Crippen LogP contribution in [0.25, 0.3) is 0 Å². The van der Waals surface area contributed by atoms with Gasteiger partial charge in [-0.2, -0.15) is 0 Å². The van der Waals surface area contributed by atoms with Crippen molar-refractivity contribution < 1.29 is 4.79 Å². The quantitative estimate of drug-likeness (QED) is 0.882. The van der Waals surface area contributed by atoms with Crippen LogP contribution >= 0.6 is 11.6 Å². The first-order chi connectivity index (χ1) is 12.5. The summed E-state index contributed by atoms with van der Waals surface area (Å²) in [6.07, 6.45) is 1.36. The van der Waals surface area contributed by atoms with Crippen LogP contribution in [-0.2, 0) is 0 Å². The highest BCUT2D eigenvalue weighted by Crippen LogP contribution is 2.26. The fourth-order valence-corrected chi connectivity index (χ4v) is 3.17. The zero-order valence-corrected chi connectivity index (χ0v) is 15.7. The van der Waals surface area contributed by atoms with E-state index in [1.54, 1.807) is 7.05 Å². The number of carbonyl (C=O) groups is 1. The first kappa shape index (κ1) is 18.3. The number of H-pyrrole nitrogens is 1. The van der Waals surface area contributed by atoms with Gasteiger partial charge in [0.25, 0.3) is 11.5 Å². The molecule has 2 aromatic rings. The van der Waals surface area contributed by atoms with Gasteiger partial charge in [0, 0.05) is 46.0 Å². The summed E-state index contributed by atoms with van der Waals surface area (Å²) in [6, 6.07) is 7.76. The number of rotatable bonds is 4. The number of aromatic amines is 1. The molecule has 1 amide bonds. The number of nitrogens with zero attached hydrogens (tertiary/aromatic N) is 4. The number of halogens is 1. The van der Waals surface area contributed by atoms with Crippen LogP contribution in [0.5, 0.6) is 0 Å². The third kappa shape index (κ3) is 3.67. The monoisotopic (exact) mass is 375 g/mol. The number of carbonyl (C=O) groups excluding carboxylic acids is 1. The number of anilines is 2. The standard InChI is InChI=1S/C18H22ClN5O2/c1-3-22(2)17(26)13-12-20-18(21-16(13)25)24-10-8-23(9-11-24)15-7-5-4-6-14(15)19/h4-7,12H,3,8-11H2,1-2H3,(H,20,21,25). The van der Waals surface area contributed by atoms with Gasteiger partial charge < -0.3 is 14.7 Å². The summed E-state index contributed by atoms with van der Waals surface area (Å²) in [6.45, 7) is 5.34. The Morgan fingerprint density at radius 1 is 1.23 bits per heavy atom. The molecule has 1 aromatic carbocycles. The van der Waals surface area contributed by atoms with Gasteiger partial charge in [-0.1, -0.05) is 23.7 Å². The number of para-hydroxylation sites is 1. The van der Waals surface area contributed by atoms with E-state index in [1.807, 2.05) is 36.1 Å². The number of benzene rings is 1. The van der Waals surface area contributed by atoms with E-state index in [1.165, 1.54) is 11.1 Å². The van der Waals surface area contributed by atoms with Gasteiger partial charge >= 0.3 is 0 Å². The fraction of sp³-hybridized carbons (Fsp3) is 0.389. The van der Waals surface area contributed by atoms with Crippen molar-refractivity contribution >= 4 is 29.1 Å². The summed E-state index contributed by atoms with van der Waals surface area (Å²) in [4.78, 5) is 37.2. The van der Waals surface area contributed by atoms with Crippen LogP contribution in [0.2, 0.25) is 5.02 Å². The summed E-state index contributed by atoms with van der Waals surface area (Å²) in [7, 11) is 1.66. The van der Waals surface area contributed by atoms with Crippen molar-refractivity contribution in [3.8, 4) is 0 Å². The van der Waals surface area contributed by atoms with E-state index in [-0.39, 0.29) is 11.5 Å². The minimum Gasteiger partial charge on any atom is -0.367 e. The van der Waals surface area contributed by atoms with Crippen molar-refractivity contribution in [1.29, 1.82) is 0 Å². The molecule has 0 aliphatic carbocycles. The lowest BCUT2D eigenvalue weighted by Gasteiger charge is -2.36. The third-order valence-corrected chi connectivity index (χ3v) is 4.93. The van der Waals surface area contributed by atoms with Gasteiger partial charge in [-0.25, -0.2) is 4.98 Å². The summed E-state index contributed by atoms with van der Waals surface area (Å²) in [5.41, 5.74) is 0.667.